The number of benzene rings is 1. The third-order valence-electron chi connectivity index (χ3n) is 2.62. The van der Waals surface area contributed by atoms with Crippen LogP contribution in [0.15, 0.2) is 42.7 Å². The van der Waals surface area contributed by atoms with Crippen LogP contribution < -0.4 is 4.57 Å². The van der Waals surface area contributed by atoms with Gasteiger partial charge in [0.1, 0.15) is 12.4 Å². The number of nitrogens with one attached hydrogen (secondary N) is 1. The lowest BCUT2D eigenvalue weighted by molar-refractivity contribution is -0.678. The topological polar surface area (TPSA) is 19.7 Å². The molecule has 2 heteroatoms. The molecule has 72 valence electrons. The molecule has 0 amide bonds. The Labute approximate surface area is 84.2 Å². The summed E-state index contributed by atoms with van der Waals surface area (Å²) in [6, 6.07) is 10.5. The Morgan fingerprint density at radius 3 is 2.50 bits per heavy atom. The van der Waals surface area contributed by atoms with E-state index in [0.717, 1.165) is 0 Å². The fourth-order valence-corrected chi connectivity index (χ4v) is 1.75. The number of aromatic nitrogens is 2. The monoisotopic (exact) mass is 187 g/mol. The Morgan fingerprint density at radius 1 is 1.21 bits per heavy atom. The average molecular weight is 187 g/mol. The Hall–Kier alpha value is -1.57. The number of hydrogen-bond donors (Lipinski definition) is 1. The number of imidazole rings is 1. The first-order valence-electron chi connectivity index (χ1n) is 4.87. The van der Waals surface area contributed by atoms with E-state index in [1.54, 1.807) is 0 Å². The smallest absolute Gasteiger partial charge is 0.247 e. The molecular weight excluding hydrogens is 172 g/mol. The van der Waals surface area contributed by atoms with Crippen LogP contribution in [0, 0.1) is 0 Å². The Bertz CT molecular complexity index is 403. The summed E-state index contributed by atoms with van der Waals surface area (Å²) in [5.74, 6) is 1.65. The van der Waals surface area contributed by atoms with E-state index in [1.807, 2.05) is 18.5 Å². The minimum atomic E-state index is 0.413. The summed E-state index contributed by atoms with van der Waals surface area (Å²) in [7, 11) is 2.06. The second kappa shape index (κ2) is 3.66. The lowest BCUT2D eigenvalue weighted by Crippen LogP contribution is -2.31. The van der Waals surface area contributed by atoms with Gasteiger partial charge in [-0.1, -0.05) is 30.3 Å². The molecule has 14 heavy (non-hydrogen) atoms. The normalized spacial score (nSPS) is 12.7. The molecular formula is C12H15N2+. The van der Waals surface area contributed by atoms with Crippen molar-refractivity contribution < 1.29 is 4.57 Å². The van der Waals surface area contributed by atoms with Gasteiger partial charge in [0.15, 0.2) is 0 Å². The summed E-state index contributed by atoms with van der Waals surface area (Å²) in [6.07, 6.45) is 4.00. The van der Waals surface area contributed by atoms with Gasteiger partial charge < -0.3 is 0 Å². The van der Waals surface area contributed by atoms with Crippen LogP contribution in [-0.2, 0) is 7.05 Å². The zero-order chi connectivity index (χ0) is 9.97. The molecule has 1 aromatic carbocycles. The molecule has 1 aromatic heterocycles. The molecule has 1 N–H and O–H groups in total. The van der Waals surface area contributed by atoms with Crippen LogP contribution in [-0.4, -0.2) is 4.98 Å². The van der Waals surface area contributed by atoms with Gasteiger partial charge in [-0.25, -0.2) is 9.55 Å². The fourth-order valence-electron chi connectivity index (χ4n) is 1.75. The lowest BCUT2D eigenvalue weighted by atomic mass is 10.0. The highest BCUT2D eigenvalue weighted by molar-refractivity contribution is 5.22. The first-order chi connectivity index (χ1) is 6.79. The molecule has 0 saturated heterocycles. The summed E-state index contributed by atoms with van der Waals surface area (Å²) >= 11 is 0. The van der Waals surface area contributed by atoms with Crippen LogP contribution in [0.3, 0.4) is 0 Å². The van der Waals surface area contributed by atoms with Crippen molar-refractivity contribution in [2.45, 2.75) is 12.8 Å². The zero-order valence-electron chi connectivity index (χ0n) is 8.57. The van der Waals surface area contributed by atoms with Gasteiger partial charge in [0.2, 0.25) is 0 Å². The number of rotatable bonds is 2. The molecule has 2 nitrogen and oxygen atoms in total. The van der Waals surface area contributed by atoms with Gasteiger partial charge in [0.25, 0.3) is 5.82 Å². The van der Waals surface area contributed by atoms with Gasteiger partial charge >= 0.3 is 0 Å². The molecule has 0 aliphatic heterocycles. The maximum atomic E-state index is 3.27. The lowest BCUT2D eigenvalue weighted by Gasteiger charge is -2.06. The predicted molar refractivity (Wildman–Crippen MR) is 55.9 cm³/mol. The molecule has 1 unspecified atom stereocenters. The molecule has 0 spiro atoms. The first kappa shape index (κ1) is 9.00. The molecule has 0 fully saturated rings. The number of nitrogens with zero attached hydrogens (tertiary/aromatic N) is 1. The first-order valence-corrected chi connectivity index (χ1v) is 4.87. The van der Waals surface area contributed by atoms with Crippen LogP contribution in [0.5, 0.6) is 0 Å². The van der Waals surface area contributed by atoms with E-state index in [9.17, 15) is 0 Å². The predicted octanol–water partition coefficient (Wildman–Crippen LogP) is 1.99. The van der Waals surface area contributed by atoms with Crippen molar-refractivity contribution in [1.82, 2.24) is 4.98 Å². The molecule has 0 aliphatic carbocycles. The number of hydrogen-bond acceptors (Lipinski definition) is 0. The molecule has 2 aromatic rings. The largest absolute Gasteiger partial charge is 0.261 e. The van der Waals surface area contributed by atoms with Crippen molar-refractivity contribution in [3.8, 4) is 0 Å². The molecule has 0 bridgehead atoms. The maximum Gasteiger partial charge on any atom is 0.261 e. The molecule has 0 saturated carbocycles. The second-order valence-electron chi connectivity index (χ2n) is 3.59. The van der Waals surface area contributed by atoms with Gasteiger partial charge in [0.05, 0.1) is 13.0 Å². The van der Waals surface area contributed by atoms with Gasteiger partial charge in [-0.3, -0.25) is 0 Å². The van der Waals surface area contributed by atoms with E-state index in [4.69, 9.17) is 0 Å². The second-order valence-corrected chi connectivity index (χ2v) is 3.59. The van der Waals surface area contributed by atoms with Crippen molar-refractivity contribution in [3.05, 3.63) is 54.1 Å². The Balaban J connectivity index is 2.34. The number of aromatic amines is 1. The summed E-state index contributed by atoms with van der Waals surface area (Å²) in [6.45, 7) is 2.21. The van der Waals surface area contributed by atoms with Gasteiger partial charge in [-0.2, -0.15) is 0 Å². The molecule has 0 radical (unpaired) electrons. The van der Waals surface area contributed by atoms with Crippen molar-refractivity contribution in [2.24, 2.45) is 7.05 Å². The van der Waals surface area contributed by atoms with E-state index in [2.05, 4.69) is 47.8 Å². The van der Waals surface area contributed by atoms with Crippen LogP contribution in [0.4, 0.5) is 0 Å². The quantitative estimate of drug-likeness (QED) is 0.694. The van der Waals surface area contributed by atoms with Crippen LogP contribution in [0.1, 0.15) is 24.2 Å². The van der Waals surface area contributed by atoms with E-state index in [-0.39, 0.29) is 0 Å². The molecule has 2 rings (SSSR count). The molecule has 1 atom stereocenters. The van der Waals surface area contributed by atoms with Crippen molar-refractivity contribution >= 4 is 0 Å². The maximum absolute atomic E-state index is 3.27. The summed E-state index contributed by atoms with van der Waals surface area (Å²) in [5.41, 5.74) is 1.34. The number of H-pyrrole nitrogens is 1. The standard InChI is InChI=1S/C12H14N2/c1-10(11-6-4-3-5-7-11)12-13-8-9-14(12)2/h3-10H,1-2H3/p+1. The van der Waals surface area contributed by atoms with Crippen molar-refractivity contribution in [2.75, 3.05) is 0 Å². The van der Waals surface area contributed by atoms with Crippen LogP contribution in [0.2, 0.25) is 0 Å². The fraction of sp³-hybridized carbons (Fsp3) is 0.250. The van der Waals surface area contributed by atoms with Gasteiger partial charge in [-0.05, 0) is 12.5 Å². The van der Waals surface area contributed by atoms with Gasteiger partial charge in [0, 0.05) is 0 Å². The summed E-state index contributed by atoms with van der Waals surface area (Å²) in [4.78, 5) is 3.27. The number of aryl methyl sites for hydroxylation is 1. The van der Waals surface area contributed by atoms with E-state index in [0.29, 0.717) is 5.92 Å². The van der Waals surface area contributed by atoms with Gasteiger partial charge in [-0.15, -0.1) is 0 Å². The molecule has 0 aliphatic rings. The zero-order valence-corrected chi connectivity index (χ0v) is 8.57. The Morgan fingerprint density at radius 2 is 1.93 bits per heavy atom. The summed E-state index contributed by atoms with van der Waals surface area (Å²) < 4.78 is 2.12. The SMILES string of the molecule is CC(c1ccccc1)c1[nH]cc[n+]1C. The van der Waals surface area contributed by atoms with E-state index < -0.39 is 0 Å². The molecule has 1 heterocycles. The Kier molecular flexibility index (Phi) is 2.35. The van der Waals surface area contributed by atoms with E-state index >= 15 is 0 Å². The third-order valence-corrected chi connectivity index (χ3v) is 2.62. The summed E-state index contributed by atoms with van der Waals surface area (Å²) in [5, 5.41) is 0. The van der Waals surface area contributed by atoms with Crippen molar-refractivity contribution in [3.63, 3.8) is 0 Å². The van der Waals surface area contributed by atoms with Crippen LogP contribution >= 0.6 is 0 Å². The minimum absolute atomic E-state index is 0.413. The third kappa shape index (κ3) is 1.55. The van der Waals surface area contributed by atoms with E-state index in [1.165, 1.54) is 11.4 Å². The van der Waals surface area contributed by atoms with Crippen molar-refractivity contribution in [1.29, 1.82) is 0 Å². The highest BCUT2D eigenvalue weighted by Crippen LogP contribution is 2.18. The highest BCUT2D eigenvalue weighted by atomic mass is 15.0. The average Bonchev–Trinajstić information content (AvgIpc) is 2.65. The highest BCUT2D eigenvalue weighted by Gasteiger charge is 2.17. The minimum Gasteiger partial charge on any atom is -0.247 e. The van der Waals surface area contributed by atoms with Crippen LogP contribution in [0.25, 0.3) is 0 Å².